The number of rotatable bonds is 4. The van der Waals surface area contributed by atoms with Crippen molar-refractivity contribution in [3.05, 3.63) is 76.6 Å². The average Bonchev–Trinajstić information content (AvgIpc) is 3.57. The molecule has 5 aromatic heterocycles. The van der Waals surface area contributed by atoms with Crippen LogP contribution in [0.15, 0.2) is 76.6 Å². The molecule has 0 amide bonds. The van der Waals surface area contributed by atoms with Crippen molar-refractivity contribution in [2.75, 3.05) is 18.4 Å². The van der Waals surface area contributed by atoms with Crippen LogP contribution < -0.4 is 11.1 Å². The van der Waals surface area contributed by atoms with E-state index in [2.05, 4.69) is 74.7 Å². The van der Waals surface area contributed by atoms with Crippen LogP contribution in [0.4, 0.5) is 5.82 Å². The van der Waals surface area contributed by atoms with Crippen LogP contribution in [-0.4, -0.2) is 41.8 Å². The lowest BCUT2D eigenvalue weighted by molar-refractivity contribution is 1.01. The van der Waals surface area contributed by atoms with Gasteiger partial charge in [-0.15, -0.1) is 11.3 Å². The van der Waals surface area contributed by atoms with Crippen LogP contribution in [0.2, 0.25) is 0 Å². The van der Waals surface area contributed by atoms with Gasteiger partial charge in [-0.3, -0.25) is 4.40 Å². The third kappa shape index (κ3) is 4.49. The summed E-state index contributed by atoms with van der Waals surface area (Å²) in [5.41, 5.74) is 9.41. The Hall–Kier alpha value is -2.86. The first-order valence-corrected chi connectivity index (χ1v) is 12.4. The van der Waals surface area contributed by atoms with E-state index in [9.17, 15) is 0 Å². The number of benzene rings is 1. The van der Waals surface area contributed by atoms with E-state index in [4.69, 9.17) is 10.7 Å². The van der Waals surface area contributed by atoms with Crippen LogP contribution in [0.25, 0.3) is 32.1 Å². The quantitative estimate of drug-likeness (QED) is 0.294. The van der Waals surface area contributed by atoms with Gasteiger partial charge in [-0.05, 0) is 43.5 Å². The van der Waals surface area contributed by atoms with Crippen molar-refractivity contribution in [2.45, 2.75) is 0 Å². The number of aromatic nitrogens is 6. The van der Waals surface area contributed by atoms with Crippen molar-refractivity contribution in [1.29, 1.82) is 0 Å². The molecule has 11 heteroatoms. The summed E-state index contributed by atoms with van der Waals surface area (Å²) in [6, 6.07) is 12.5. The number of fused-ring (bicyclic) bond motifs is 4. The highest BCUT2D eigenvalue weighted by atomic mass is 79.9. The van der Waals surface area contributed by atoms with E-state index in [-0.39, 0.29) is 0 Å². The highest BCUT2D eigenvalue weighted by molar-refractivity contribution is 9.11. The molecule has 0 saturated carbocycles. The summed E-state index contributed by atoms with van der Waals surface area (Å²) in [4.78, 5) is 19.6. The molecule has 8 nitrogen and oxygen atoms in total. The van der Waals surface area contributed by atoms with Crippen LogP contribution in [0, 0.1) is 0 Å². The van der Waals surface area contributed by atoms with E-state index in [1.165, 1.54) is 10.4 Å². The van der Waals surface area contributed by atoms with Crippen molar-refractivity contribution in [3.8, 4) is 10.4 Å². The summed E-state index contributed by atoms with van der Waals surface area (Å²) < 4.78 is 5.51. The predicted octanol–water partition coefficient (Wildman–Crippen LogP) is 5.24. The molecule has 0 aliphatic rings. The molecule has 0 fully saturated rings. The number of nitrogens with one attached hydrogen (secondary N) is 1. The molecule has 0 spiro atoms. The molecular weight excluding hydrogens is 568 g/mol. The zero-order chi connectivity index (χ0) is 22.8. The fraction of sp³-hybridized carbons (Fsp3) is 0.0909. The maximum absolute atomic E-state index is 5.57. The first-order valence-electron chi connectivity index (χ1n) is 10.0. The minimum absolute atomic E-state index is 0.561. The van der Waals surface area contributed by atoms with Crippen LogP contribution in [0.3, 0.4) is 0 Å². The minimum Gasteiger partial charge on any atom is -0.366 e. The number of thiophene rings is 1. The Morgan fingerprint density at radius 2 is 1.79 bits per heavy atom. The standard InChI is InChI=1S/C16H15N5S.C6H3Br2N3/c17-6-7-18-14-15-19-8-9-21(15)16-12(20-14)10-13(22-16)11-4-2-1-3-5-11;7-4-3-11-2-1-9-6(11)5(8)10-4/h1-5,8-10H,6-7,17H2,(H,18,20);1-3H. The summed E-state index contributed by atoms with van der Waals surface area (Å²) in [5.74, 6) is 0.778. The molecule has 0 saturated heterocycles. The Morgan fingerprint density at radius 3 is 2.61 bits per heavy atom. The lowest BCUT2D eigenvalue weighted by atomic mass is 10.2. The second-order valence-corrected chi connectivity index (χ2v) is 9.57. The Morgan fingerprint density at radius 1 is 1.00 bits per heavy atom. The fourth-order valence-electron chi connectivity index (χ4n) is 3.36. The SMILES string of the molecule is Brc1cn2ccnc2c(Br)n1.NCCNc1nc2cc(-c3ccccc3)sc2n2ccnc12. The van der Waals surface area contributed by atoms with Crippen molar-refractivity contribution < 1.29 is 0 Å². The molecule has 0 radical (unpaired) electrons. The molecule has 0 aliphatic heterocycles. The van der Waals surface area contributed by atoms with Crippen LogP contribution in [-0.2, 0) is 0 Å². The lowest BCUT2D eigenvalue weighted by Gasteiger charge is -2.06. The van der Waals surface area contributed by atoms with Gasteiger partial charge < -0.3 is 15.5 Å². The van der Waals surface area contributed by atoms with E-state index in [1.807, 2.05) is 41.2 Å². The molecule has 6 aromatic rings. The molecule has 0 unspecified atom stereocenters. The first-order chi connectivity index (χ1) is 16.1. The average molecular weight is 586 g/mol. The van der Waals surface area contributed by atoms with E-state index in [1.54, 1.807) is 23.7 Å². The lowest BCUT2D eigenvalue weighted by Crippen LogP contribution is -2.14. The van der Waals surface area contributed by atoms with Crippen molar-refractivity contribution in [2.24, 2.45) is 5.73 Å². The van der Waals surface area contributed by atoms with Gasteiger partial charge in [0.05, 0.1) is 0 Å². The Bertz CT molecular complexity index is 1540. The highest BCUT2D eigenvalue weighted by Crippen LogP contribution is 2.34. The van der Waals surface area contributed by atoms with Crippen molar-refractivity contribution >= 4 is 70.7 Å². The van der Waals surface area contributed by atoms with Gasteiger partial charge >= 0.3 is 0 Å². The molecule has 0 atom stereocenters. The van der Waals surface area contributed by atoms with E-state index < -0.39 is 0 Å². The third-order valence-electron chi connectivity index (χ3n) is 4.80. The summed E-state index contributed by atoms with van der Waals surface area (Å²) in [6.45, 7) is 1.24. The van der Waals surface area contributed by atoms with E-state index in [0.29, 0.717) is 13.1 Å². The molecule has 1 aromatic carbocycles. The highest BCUT2D eigenvalue weighted by Gasteiger charge is 2.13. The maximum atomic E-state index is 5.57. The second kappa shape index (κ2) is 9.56. The second-order valence-electron chi connectivity index (χ2n) is 6.98. The van der Waals surface area contributed by atoms with E-state index in [0.717, 1.165) is 36.7 Å². The zero-order valence-corrected chi connectivity index (χ0v) is 21.2. The molecule has 0 aliphatic carbocycles. The molecule has 0 bridgehead atoms. The van der Waals surface area contributed by atoms with Gasteiger partial charge in [-0.1, -0.05) is 30.3 Å². The molecule has 166 valence electrons. The summed E-state index contributed by atoms with van der Waals surface area (Å²) in [6.07, 6.45) is 9.22. The number of hydrogen-bond acceptors (Lipinski definition) is 7. The Labute approximate surface area is 209 Å². The summed E-state index contributed by atoms with van der Waals surface area (Å²) in [7, 11) is 0. The maximum Gasteiger partial charge on any atom is 0.181 e. The zero-order valence-electron chi connectivity index (χ0n) is 17.2. The molecular formula is C22H18Br2N8S. The normalized spacial score (nSPS) is 11.1. The third-order valence-corrected chi connectivity index (χ3v) is 6.88. The smallest absolute Gasteiger partial charge is 0.181 e. The summed E-state index contributed by atoms with van der Waals surface area (Å²) in [5, 5.41) is 3.25. The fourth-order valence-corrected chi connectivity index (χ4v) is 5.58. The van der Waals surface area contributed by atoms with E-state index >= 15 is 0 Å². The van der Waals surface area contributed by atoms with Crippen LogP contribution in [0.1, 0.15) is 0 Å². The van der Waals surface area contributed by atoms with Gasteiger partial charge in [0.15, 0.2) is 21.7 Å². The van der Waals surface area contributed by atoms with Crippen molar-refractivity contribution in [1.82, 2.24) is 28.7 Å². The first kappa shape index (κ1) is 22.0. The number of hydrogen-bond donors (Lipinski definition) is 2. The van der Waals surface area contributed by atoms with Crippen LogP contribution in [0.5, 0.6) is 0 Å². The number of anilines is 1. The predicted molar refractivity (Wildman–Crippen MR) is 140 cm³/mol. The van der Waals surface area contributed by atoms with Gasteiger partial charge in [-0.2, -0.15) is 0 Å². The van der Waals surface area contributed by atoms with Crippen molar-refractivity contribution in [3.63, 3.8) is 0 Å². The largest absolute Gasteiger partial charge is 0.366 e. The summed E-state index contributed by atoms with van der Waals surface area (Å²) >= 11 is 8.31. The number of imidazole rings is 2. The van der Waals surface area contributed by atoms with Gasteiger partial charge in [0.1, 0.15) is 15.0 Å². The van der Waals surface area contributed by atoms with Gasteiger partial charge in [0, 0.05) is 49.0 Å². The Kier molecular flexibility index (Phi) is 6.36. The number of nitrogens with two attached hydrogens (primary N) is 1. The molecule has 6 rings (SSSR count). The van der Waals surface area contributed by atoms with Crippen LogP contribution >= 0.6 is 43.2 Å². The molecule has 5 heterocycles. The topological polar surface area (TPSA) is 98.4 Å². The van der Waals surface area contributed by atoms with Gasteiger partial charge in [-0.25, -0.2) is 19.9 Å². The monoisotopic (exact) mass is 584 g/mol. The van der Waals surface area contributed by atoms with Gasteiger partial charge in [0.2, 0.25) is 0 Å². The molecule has 3 N–H and O–H groups in total. The van der Waals surface area contributed by atoms with Gasteiger partial charge in [0.25, 0.3) is 0 Å². The minimum atomic E-state index is 0.561. The number of nitrogens with zero attached hydrogens (tertiary/aromatic N) is 6. The Balaban J connectivity index is 0.000000174. The molecule has 33 heavy (non-hydrogen) atoms. The number of halogens is 2.